The van der Waals surface area contributed by atoms with Crippen molar-refractivity contribution in [1.82, 2.24) is 10.2 Å². The van der Waals surface area contributed by atoms with Crippen LogP contribution in [-0.2, 0) is 4.79 Å². The maximum atomic E-state index is 12.2. The molecule has 1 saturated heterocycles. The molecular weight excluding hydrogens is 392 g/mol. The second-order valence-electron chi connectivity index (χ2n) is 5.56. The van der Waals surface area contributed by atoms with E-state index in [1.807, 2.05) is 18.2 Å². The molecular formula is C17H17BrN2O3S. The monoisotopic (exact) mass is 408 g/mol. The third-order valence-electron chi connectivity index (χ3n) is 3.89. The van der Waals surface area contributed by atoms with Crippen molar-refractivity contribution in [2.75, 3.05) is 13.1 Å². The summed E-state index contributed by atoms with van der Waals surface area (Å²) < 4.78 is 5.99. The van der Waals surface area contributed by atoms with Crippen molar-refractivity contribution < 1.29 is 14.0 Å². The summed E-state index contributed by atoms with van der Waals surface area (Å²) >= 11 is 4.97. The van der Waals surface area contributed by atoms with Crippen LogP contribution >= 0.6 is 27.3 Å². The number of hydrogen-bond acceptors (Lipinski definition) is 4. The Bertz CT molecular complexity index is 731. The smallest absolute Gasteiger partial charge is 0.257 e. The number of carbonyl (C=O) groups excluding carboxylic acids is 2. The van der Waals surface area contributed by atoms with Crippen LogP contribution in [0.15, 0.2) is 45.0 Å². The first-order valence-corrected chi connectivity index (χ1v) is 9.28. The minimum atomic E-state index is -0.0980. The molecule has 3 heterocycles. The van der Waals surface area contributed by atoms with Gasteiger partial charge in [-0.05, 0) is 53.0 Å². The zero-order chi connectivity index (χ0) is 16.9. The average molecular weight is 409 g/mol. The Labute approximate surface area is 152 Å². The van der Waals surface area contributed by atoms with Crippen LogP contribution in [0.4, 0.5) is 0 Å². The third kappa shape index (κ3) is 4.36. The Balaban J connectivity index is 1.46. The van der Waals surface area contributed by atoms with Crippen molar-refractivity contribution >= 4 is 45.2 Å². The number of thiophene rings is 1. The SMILES string of the molecule is O=C(/C=C/c1ccc(Br)s1)NC1CCN(C(=O)c2ccoc2)CC1. The Morgan fingerprint density at radius 1 is 1.29 bits per heavy atom. The first-order valence-electron chi connectivity index (χ1n) is 7.67. The minimum Gasteiger partial charge on any atom is -0.472 e. The molecule has 2 aromatic rings. The number of nitrogens with one attached hydrogen (secondary N) is 1. The van der Waals surface area contributed by atoms with Gasteiger partial charge in [0, 0.05) is 30.1 Å². The summed E-state index contributed by atoms with van der Waals surface area (Å²) in [6, 6.07) is 5.68. The predicted molar refractivity (Wildman–Crippen MR) is 96.8 cm³/mol. The standard InChI is InChI=1S/C17H17BrN2O3S/c18-15-3-1-14(24-15)2-4-16(21)19-13-5-8-20(9-6-13)17(22)12-7-10-23-11-12/h1-4,7,10-11,13H,5-6,8-9H2,(H,19,21)/b4-2+. The third-order valence-corrected chi connectivity index (χ3v) is 5.48. The van der Waals surface area contributed by atoms with Crippen molar-refractivity contribution in [2.45, 2.75) is 18.9 Å². The van der Waals surface area contributed by atoms with Gasteiger partial charge in [0.15, 0.2) is 0 Å². The van der Waals surface area contributed by atoms with E-state index in [-0.39, 0.29) is 17.9 Å². The zero-order valence-corrected chi connectivity index (χ0v) is 15.3. The molecule has 0 radical (unpaired) electrons. The largest absolute Gasteiger partial charge is 0.472 e. The molecule has 1 fully saturated rings. The second kappa shape index (κ2) is 7.81. The molecule has 0 spiro atoms. The van der Waals surface area contributed by atoms with E-state index in [1.54, 1.807) is 28.4 Å². The highest BCUT2D eigenvalue weighted by molar-refractivity contribution is 9.11. The normalized spacial score (nSPS) is 15.8. The van der Waals surface area contributed by atoms with Gasteiger partial charge in [0.2, 0.25) is 5.91 Å². The molecule has 24 heavy (non-hydrogen) atoms. The highest BCUT2D eigenvalue weighted by Crippen LogP contribution is 2.23. The Morgan fingerprint density at radius 3 is 2.71 bits per heavy atom. The average Bonchev–Trinajstić information content (AvgIpc) is 3.25. The van der Waals surface area contributed by atoms with E-state index >= 15 is 0 Å². The minimum absolute atomic E-state index is 0.0169. The van der Waals surface area contributed by atoms with Crippen LogP contribution in [0.5, 0.6) is 0 Å². The van der Waals surface area contributed by atoms with Crippen molar-refractivity contribution in [1.29, 1.82) is 0 Å². The number of halogens is 1. The number of piperidine rings is 1. The van der Waals surface area contributed by atoms with Crippen molar-refractivity contribution in [3.8, 4) is 0 Å². The summed E-state index contributed by atoms with van der Waals surface area (Å²) in [5.41, 5.74) is 0.572. The highest BCUT2D eigenvalue weighted by Gasteiger charge is 2.24. The molecule has 0 aliphatic carbocycles. The van der Waals surface area contributed by atoms with Gasteiger partial charge in [-0.1, -0.05) is 0 Å². The van der Waals surface area contributed by atoms with Gasteiger partial charge in [0.1, 0.15) is 6.26 Å². The number of furan rings is 1. The van der Waals surface area contributed by atoms with Crippen LogP contribution in [0.2, 0.25) is 0 Å². The maximum Gasteiger partial charge on any atom is 0.257 e. The molecule has 0 unspecified atom stereocenters. The number of likely N-dealkylation sites (tertiary alicyclic amines) is 1. The molecule has 2 amide bonds. The fourth-order valence-corrected chi connectivity index (χ4v) is 3.95. The zero-order valence-electron chi connectivity index (χ0n) is 12.9. The van der Waals surface area contributed by atoms with Crippen LogP contribution in [0.1, 0.15) is 28.1 Å². The second-order valence-corrected chi connectivity index (χ2v) is 8.06. The fourth-order valence-electron chi connectivity index (χ4n) is 2.62. The van der Waals surface area contributed by atoms with Gasteiger partial charge in [-0.3, -0.25) is 9.59 Å². The van der Waals surface area contributed by atoms with E-state index in [1.165, 1.54) is 12.5 Å². The first kappa shape index (κ1) is 17.0. The fraction of sp³-hybridized carbons (Fsp3) is 0.294. The molecule has 2 aromatic heterocycles. The molecule has 1 N–H and O–H groups in total. The van der Waals surface area contributed by atoms with Gasteiger partial charge >= 0.3 is 0 Å². The predicted octanol–water partition coefficient (Wildman–Crippen LogP) is 3.54. The summed E-state index contributed by atoms with van der Waals surface area (Å²) in [6.45, 7) is 1.27. The molecule has 0 saturated carbocycles. The summed E-state index contributed by atoms with van der Waals surface area (Å²) in [4.78, 5) is 27.0. The lowest BCUT2D eigenvalue weighted by Crippen LogP contribution is -2.46. The van der Waals surface area contributed by atoms with Crippen LogP contribution < -0.4 is 5.32 Å². The van der Waals surface area contributed by atoms with Gasteiger partial charge in [0.25, 0.3) is 5.91 Å². The Kier molecular flexibility index (Phi) is 5.52. The van der Waals surface area contributed by atoms with Gasteiger partial charge in [-0.2, -0.15) is 0 Å². The lowest BCUT2D eigenvalue weighted by Gasteiger charge is -2.32. The van der Waals surface area contributed by atoms with Gasteiger partial charge in [0.05, 0.1) is 15.6 Å². The topological polar surface area (TPSA) is 62.6 Å². The molecule has 126 valence electrons. The number of hydrogen-bond donors (Lipinski definition) is 1. The molecule has 0 atom stereocenters. The van der Waals surface area contributed by atoms with Crippen LogP contribution in [0.25, 0.3) is 6.08 Å². The summed E-state index contributed by atoms with van der Waals surface area (Å²) in [6.07, 6.45) is 7.84. The highest BCUT2D eigenvalue weighted by atomic mass is 79.9. The van der Waals surface area contributed by atoms with Crippen molar-refractivity contribution in [3.63, 3.8) is 0 Å². The molecule has 1 aliphatic rings. The van der Waals surface area contributed by atoms with Crippen LogP contribution in [0.3, 0.4) is 0 Å². The lowest BCUT2D eigenvalue weighted by molar-refractivity contribution is -0.117. The van der Waals surface area contributed by atoms with Gasteiger partial charge in [-0.25, -0.2) is 0 Å². The summed E-state index contributed by atoms with van der Waals surface area (Å²) in [5, 5.41) is 3.00. The molecule has 0 aromatic carbocycles. The van der Waals surface area contributed by atoms with E-state index < -0.39 is 0 Å². The first-order chi connectivity index (χ1) is 11.6. The number of amides is 2. The van der Waals surface area contributed by atoms with E-state index in [2.05, 4.69) is 21.2 Å². The lowest BCUT2D eigenvalue weighted by atomic mass is 10.0. The van der Waals surface area contributed by atoms with Crippen molar-refractivity contribution in [2.24, 2.45) is 0 Å². The van der Waals surface area contributed by atoms with Gasteiger partial charge in [-0.15, -0.1) is 11.3 Å². The van der Waals surface area contributed by atoms with E-state index in [4.69, 9.17) is 4.42 Å². The van der Waals surface area contributed by atoms with E-state index in [0.717, 1.165) is 21.5 Å². The quantitative estimate of drug-likeness (QED) is 0.786. The Hall–Kier alpha value is -1.86. The van der Waals surface area contributed by atoms with E-state index in [9.17, 15) is 9.59 Å². The number of carbonyl (C=O) groups is 2. The van der Waals surface area contributed by atoms with Crippen LogP contribution in [-0.4, -0.2) is 35.8 Å². The number of rotatable bonds is 4. The molecule has 5 nitrogen and oxygen atoms in total. The van der Waals surface area contributed by atoms with Crippen LogP contribution in [0, 0.1) is 0 Å². The number of nitrogens with zero attached hydrogens (tertiary/aromatic N) is 1. The molecule has 1 aliphatic heterocycles. The van der Waals surface area contributed by atoms with E-state index in [0.29, 0.717) is 18.7 Å². The molecule has 3 rings (SSSR count). The van der Waals surface area contributed by atoms with Gasteiger partial charge < -0.3 is 14.6 Å². The maximum absolute atomic E-state index is 12.2. The molecule has 0 bridgehead atoms. The Morgan fingerprint density at radius 2 is 2.08 bits per heavy atom. The summed E-state index contributed by atoms with van der Waals surface area (Å²) in [5.74, 6) is -0.115. The summed E-state index contributed by atoms with van der Waals surface area (Å²) in [7, 11) is 0. The molecule has 7 heteroatoms. The van der Waals surface area contributed by atoms with Crippen molar-refractivity contribution in [3.05, 3.63) is 51.0 Å².